The van der Waals surface area contributed by atoms with Crippen molar-refractivity contribution in [2.24, 2.45) is 0 Å². The van der Waals surface area contributed by atoms with Crippen LogP contribution in [0.15, 0.2) is 36.4 Å². The number of rotatable bonds is 5. The highest BCUT2D eigenvalue weighted by molar-refractivity contribution is 5.95. The molecule has 2 amide bonds. The first-order valence-corrected chi connectivity index (χ1v) is 7.88. The lowest BCUT2D eigenvalue weighted by atomic mass is 10.1. The van der Waals surface area contributed by atoms with Crippen LogP contribution in [0.4, 0.5) is 14.5 Å². The quantitative estimate of drug-likeness (QED) is 0.902. The minimum absolute atomic E-state index is 0.0276. The van der Waals surface area contributed by atoms with Crippen molar-refractivity contribution < 1.29 is 18.4 Å². The lowest BCUT2D eigenvalue weighted by molar-refractivity contribution is -0.116. The van der Waals surface area contributed by atoms with Crippen LogP contribution >= 0.6 is 0 Å². The molecule has 1 N–H and O–H groups in total. The van der Waals surface area contributed by atoms with Gasteiger partial charge in [-0.25, -0.2) is 8.78 Å². The van der Waals surface area contributed by atoms with Gasteiger partial charge in [-0.1, -0.05) is 17.7 Å². The summed E-state index contributed by atoms with van der Waals surface area (Å²) in [5.74, 6) is -2.75. The number of anilines is 1. The third-order valence-corrected chi connectivity index (χ3v) is 3.83. The first kappa shape index (κ1) is 18.6. The number of carbonyl (C=O) groups excluding carboxylic acids is 2. The fourth-order valence-electron chi connectivity index (χ4n) is 2.58. The molecule has 0 heterocycles. The van der Waals surface area contributed by atoms with E-state index in [9.17, 15) is 18.4 Å². The van der Waals surface area contributed by atoms with Crippen molar-refractivity contribution in [2.45, 2.75) is 20.8 Å². The minimum Gasteiger partial charge on any atom is -0.350 e. The van der Waals surface area contributed by atoms with Gasteiger partial charge in [-0.2, -0.15) is 0 Å². The Balaban J connectivity index is 2.03. The second-order valence-electron chi connectivity index (χ2n) is 5.85. The Morgan fingerprint density at radius 3 is 2.36 bits per heavy atom. The standard InChI is InChI=1S/C19H20F2N2O2/c1-12-4-7-18(13(2)10-12)23(14(3)24)9-8-22-19(25)15-5-6-16(20)17(21)11-15/h4-7,10-11H,8-9H2,1-3H3,(H,22,25). The van der Waals surface area contributed by atoms with Gasteiger partial charge in [0.1, 0.15) is 0 Å². The summed E-state index contributed by atoms with van der Waals surface area (Å²) in [7, 11) is 0. The molecule has 25 heavy (non-hydrogen) atoms. The van der Waals surface area contributed by atoms with Crippen LogP contribution in [-0.2, 0) is 4.79 Å². The van der Waals surface area contributed by atoms with Crippen molar-refractivity contribution in [2.75, 3.05) is 18.0 Å². The monoisotopic (exact) mass is 346 g/mol. The van der Waals surface area contributed by atoms with Crippen molar-refractivity contribution in [3.63, 3.8) is 0 Å². The smallest absolute Gasteiger partial charge is 0.251 e. The summed E-state index contributed by atoms with van der Waals surface area (Å²) in [5.41, 5.74) is 2.86. The topological polar surface area (TPSA) is 49.4 Å². The maximum atomic E-state index is 13.2. The highest BCUT2D eigenvalue weighted by atomic mass is 19.2. The first-order valence-electron chi connectivity index (χ1n) is 7.88. The van der Waals surface area contributed by atoms with Crippen molar-refractivity contribution in [3.05, 3.63) is 64.7 Å². The number of halogens is 2. The average molecular weight is 346 g/mol. The third kappa shape index (κ3) is 4.62. The molecule has 0 bridgehead atoms. The molecule has 0 radical (unpaired) electrons. The lowest BCUT2D eigenvalue weighted by Gasteiger charge is -2.23. The Hall–Kier alpha value is -2.76. The van der Waals surface area contributed by atoms with Gasteiger partial charge in [-0.15, -0.1) is 0 Å². The second-order valence-corrected chi connectivity index (χ2v) is 5.85. The van der Waals surface area contributed by atoms with Gasteiger partial charge >= 0.3 is 0 Å². The SMILES string of the molecule is CC(=O)N(CCNC(=O)c1ccc(F)c(F)c1)c1ccc(C)cc1C. The summed E-state index contributed by atoms with van der Waals surface area (Å²) in [4.78, 5) is 25.5. The zero-order valence-corrected chi connectivity index (χ0v) is 14.4. The van der Waals surface area contributed by atoms with E-state index in [0.717, 1.165) is 28.9 Å². The molecule has 0 fully saturated rings. The van der Waals surface area contributed by atoms with Gasteiger partial charge in [0.2, 0.25) is 5.91 Å². The van der Waals surface area contributed by atoms with E-state index in [0.29, 0.717) is 0 Å². The van der Waals surface area contributed by atoms with Crippen LogP contribution in [0.3, 0.4) is 0 Å². The molecule has 0 spiro atoms. The van der Waals surface area contributed by atoms with Crippen LogP contribution in [0.25, 0.3) is 0 Å². The molecule has 0 atom stereocenters. The number of hydrogen-bond donors (Lipinski definition) is 1. The second kappa shape index (κ2) is 7.88. The molecule has 0 aliphatic carbocycles. The first-order chi connectivity index (χ1) is 11.8. The highest BCUT2D eigenvalue weighted by Crippen LogP contribution is 2.21. The molecule has 0 aliphatic rings. The van der Waals surface area contributed by atoms with Gasteiger partial charge in [0.15, 0.2) is 11.6 Å². The van der Waals surface area contributed by atoms with Gasteiger partial charge in [0.05, 0.1) is 0 Å². The molecule has 0 saturated carbocycles. The van der Waals surface area contributed by atoms with Crippen LogP contribution in [-0.4, -0.2) is 24.9 Å². The highest BCUT2D eigenvalue weighted by Gasteiger charge is 2.15. The Bertz CT molecular complexity index is 806. The Morgan fingerprint density at radius 1 is 1.04 bits per heavy atom. The normalized spacial score (nSPS) is 10.4. The molecule has 2 rings (SSSR count). The van der Waals surface area contributed by atoms with Crippen LogP contribution < -0.4 is 10.2 Å². The van der Waals surface area contributed by atoms with E-state index < -0.39 is 17.5 Å². The number of nitrogens with zero attached hydrogens (tertiary/aromatic N) is 1. The molecule has 0 unspecified atom stereocenters. The van der Waals surface area contributed by atoms with Gasteiger partial charge in [0.25, 0.3) is 5.91 Å². The third-order valence-electron chi connectivity index (χ3n) is 3.83. The Labute approximate surface area is 145 Å². The molecular weight excluding hydrogens is 326 g/mol. The van der Waals surface area contributed by atoms with E-state index in [1.54, 1.807) is 4.90 Å². The van der Waals surface area contributed by atoms with E-state index >= 15 is 0 Å². The van der Waals surface area contributed by atoms with Crippen LogP contribution in [0.5, 0.6) is 0 Å². The number of benzene rings is 2. The lowest BCUT2D eigenvalue weighted by Crippen LogP contribution is -2.38. The summed E-state index contributed by atoms with van der Waals surface area (Å²) < 4.78 is 26.1. The zero-order valence-electron chi connectivity index (χ0n) is 14.4. The molecular formula is C19H20F2N2O2. The van der Waals surface area contributed by atoms with E-state index in [2.05, 4.69) is 5.32 Å². The van der Waals surface area contributed by atoms with Crippen LogP contribution in [0, 0.1) is 25.5 Å². The van der Waals surface area contributed by atoms with Crippen molar-refractivity contribution in [3.8, 4) is 0 Å². The number of aryl methyl sites for hydroxylation is 2. The predicted molar refractivity (Wildman–Crippen MR) is 92.6 cm³/mol. The maximum absolute atomic E-state index is 13.2. The zero-order chi connectivity index (χ0) is 18.6. The predicted octanol–water partition coefficient (Wildman–Crippen LogP) is 3.36. The molecule has 0 aromatic heterocycles. The molecule has 4 nitrogen and oxygen atoms in total. The van der Waals surface area contributed by atoms with E-state index in [-0.39, 0.29) is 24.6 Å². The van der Waals surface area contributed by atoms with Crippen molar-refractivity contribution >= 4 is 17.5 Å². The summed E-state index contributed by atoms with van der Waals surface area (Å²) >= 11 is 0. The molecule has 0 aliphatic heterocycles. The number of carbonyl (C=O) groups is 2. The summed E-state index contributed by atoms with van der Waals surface area (Å²) in [6.07, 6.45) is 0. The van der Waals surface area contributed by atoms with E-state index in [1.165, 1.54) is 13.0 Å². The molecule has 0 saturated heterocycles. The van der Waals surface area contributed by atoms with Gasteiger partial charge < -0.3 is 10.2 Å². The molecule has 2 aromatic rings. The Morgan fingerprint density at radius 2 is 1.76 bits per heavy atom. The molecule has 132 valence electrons. The maximum Gasteiger partial charge on any atom is 0.251 e. The van der Waals surface area contributed by atoms with E-state index in [1.807, 2.05) is 32.0 Å². The number of nitrogens with one attached hydrogen (secondary N) is 1. The summed E-state index contributed by atoms with van der Waals surface area (Å²) in [5, 5.41) is 2.61. The number of hydrogen-bond acceptors (Lipinski definition) is 2. The largest absolute Gasteiger partial charge is 0.350 e. The van der Waals surface area contributed by atoms with Crippen LogP contribution in [0.1, 0.15) is 28.4 Å². The van der Waals surface area contributed by atoms with Gasteiger partial charge in [-0.3, -0.25) is 9.59 Å². The van der Waals surface area contributed by atoms with E-state index in [4.69, 9.17) is 0 Å². The molecule has 2 aromatic carbocycles. The fourth-order valence-corrected chi connectivity index (χ4v) is 2.58. The fraction of sp³-hybridized carbons (Fsp3) is 0.263. The summed E-state index contributed by atoms with van der Waals surface area (Å²) in [6, 6.07) is 8.71. The van der Waals surface area contributed by atoms with Gasteiger partial charge in [-0.05, 0) is 43.7 Å². The van der Waals surface area contributed by atoms with Crippen molar-refractivity contribution in [1.82, 2.24) is 5.32 Å². The minimum atomic E-state index is -1.08. The average Bonchev–Trinajstić information content (AvgIpc) is 2.54. The Kier molecular flexibility index (Phi) is 5.85. The van der Waals surface area contributed by atoms with Gasteiger partial charge in [0, 0.05) is 31.3 Å². The van der Waals surface area contributed by atoms with Crippen LogP contribution in [0.2, 0.25) is 0 Å². The van der Waals surface area contributed by atoms with Crippen molar-refractivity contribution in [1.29, 1.82) is 0 Å². The number of amides is 2. The summed E-state index contributed by atoms with van der Waals surface area (Å²) in [6.45, 7) is 5.80. The molecule has 6 heteroatoms.